The lowest BCUT2D eigenvalue weighted by atomic mass is 10.1. The van der Waals surface area contributed by atoms with E-state index < -0.39 is 5.82 Å². The van der Waals surface area contributed by atoms with Crippen molar-refractivity contribution in [2.24, 2.45) is 0 Å². The number of hydrogen-bond donors (Lipinski definition) is 1. The number of hydrogen-bond acceptors (Lipinski definition) is 4. The van der Waals surface area contributed by atoms with Gasteiger partial charge in [-0.25, -0.2) is 4.39 Å². The van der Waals surface area contributed by atoms with Gasteiger partial charge in [0.1, 0.15) is 6.61 Å². The Bertz CT molecular complexity index is 1200. The number of nitrogens with zero attached hydrogens (tertiary/aromatic N) is 1. The number of ether oxygens (including phenoxy) is 2. The van der Waals surface area contributed by atoms with Gasteiger partial charge in [-0.2, -0.15) is 0 Å². The van der Waals surface area contributed by atoms with E-state index in [1.807, 2.05) is 36.4 Å². The van der Waals surface area contributed by atoms with Gasteiger partial charge in [0.05, 0.1) is 28.4 Å². The summed E-state index contributed by atoms with van der Waals surface area (Å²) in [6.07, 6.45) is 1.63. The molecule has 0 amide bonds. The van der Waals surface area contributed by atoms with E-state index in [1.54, 1.807) is 25.4 Å². The molecule has 1 aromatic heterocycles. The minimum absolute atomic E-state index is 0.131. The Labute approximate surface area is 183 Å². The first kappa shape index (κ1) is 20.3. The van der Waals surface area contributed by atoms with E-state index in [4.69, 9.17) is 32.7 Å². The number of fused-ring (bicyclic) bond motifs is 1. The lowest BCUT2D eigenvalue weighted by Crippen LogP contribution is -2.00. The van der Waals surface area contributed by atoms with Crippen LogP contribution in [-0.4, -0.2) is 12.1 Å². The highest BCUT2D eigenvalue weighted by Gasteiger charge is 2.14. The summed E-state index contributed by atoms with van der Waals surface area (Å²) in [6.45, 7) is 0.382. The van der Waals surface area contributed by atoms with Gasteiger partial charge in [-0.15, -0.1) is 0 Å². The Hall–Kier alpha value is -3.02. The minimum Gasteiger partial charge on any atom is -0.493 e. The maximum absolute atomic E-state index is 14.5. The van der Waals surface area contributed by atoms with Crippen LogP contribution in [0.15, 0.2) is 66.9 Å². The second kappa shape index (κ2) is 8.78. The van der Waals surface area contributed by atoms with Crippen molar-refractivity contribution in [1.29, 1.82) is 0 Å². The number of rotatable bonds is 6. The smallest absolute Gasteiger partial charge is 0.166 e. The Kier molecular flexibility index (Phi) is 5.93. The van der Waals surface area contributed by atoms with Gasteiger partial charge in [-0.3, -0.25) is 4.98 Å². The van der Waals surface area contributed by atoms with E-state index >= 15 is 0 Å². The molecule has 0 aliphatic heterocycles. The maximum Gasteiger partial charge on any atom is 0.166 e. The number of halogens is 3. The van der Waals surface area contributed by atoms with Crippen molar-refractivity contribution >= 4 is 45.5 Å². The van der Waals surface area contributed by atoms with Gasteiger partial charge in [-0.1, -0.05) is 53.5 Å². The number of methoxy groups -OCH3 is 1. The average Bonchev–Trinajstić information content (AvgIpc) is 2.78. The van der Waals surface area contributed by atoms with Crippen molar-refractivity contribution in [3.63, 3.8) is 0 Å². The first-order valence-electron chi connectivity index (χ1n) is 9.11. The third-order valence-corrected chi connectivity index (χ3v) is 5.35. The third kappa shape index (κ3) is 4.13. The number of benzene rings is 3. The highest BCUT2D eigenvalue weighted by molar-refractivity contribution is 6.42. The summed E-state index contributed by atoms with van der Waals surface area (Å²) in [7, 11) is 1.57. The van der Waals surface area contributed by atoms with Crippen LogP contribution in [-0.2, 0) is 6.61 Å². The lowest BCUT2D eigenvalue weighted by Gasteiger charge is -2.15. The average molecular weight is 443 g/mol. The Balaban J connectivity index is 1.71. The highest BCUT2D eigenvalue weighted by Crippen LogP contribution is 2.37. The molecule has 152 valence electrons. The van der Waals surface area contributed by atoms with Crippen LogP contribution in [0, 0.1) is 5.82 Å². The Morgan fingerprint density at radius 2 is 1.77 bits per heavy atom. The molecule has 1 heterocycles. The van der Waals surface area contributed by atoms with Gasteiger partial charge in [0.2, 0.25) is 0 Å². The highest BCUT2D eigenvalue weighted by atomic mass is 35.5. The summed E-state index contributed by atoms with van der Waals surface area (Å²) in [5.41, 5.74) is 2.55. The predicted molar refractivity (Wildman–Crippen MR) is 119 cm³/mol. The van der Waals surface area contributed by atoms with Gasteiger partial charge < -0.3 is 14.8 Å². The van der Waals surface area contributed by atoms with Crippen LogP contribution >= 0.6 is 23.2 Å². The standard InChI is InChI=1S/C23H17Cl2FN2O2/c1-29-20-12-19-15(11-21(20)30-13-14-5-3-2-4-6-14)17(9-10-27-19)28-18-8-7-16(24)22(25)23(18)26/h2-12H,13H2,1H3,(H,27,28). The molecule has 0 radical (unpaired) electrons. The van der Waals surface area contributed by atoms with Crippen LogP contribution < -0.4 is 14.8 Å². The third-order valence-electron chi connectivity index (χ3n) is 4.57. The van der Waals surface area contributed by atoms with E-state index in [1.165, 1.54) is 12.1 Å². The number of aromatic nitrogens is 1. The fourth-order valence-electron chi connectivity index (χ4n) is 3.04. The molecule has 0 bridgehead atoms. The van der Waals surface area contributed by atoms with Crippen molar-refractivity contribution in [3.05, 3.63) is 88.3 Å². The molecule has 3 aromatic carbocycles. The zero-order chi connectivity index (χ0) is 21.1. The van der Waals surface area contributed by atoms with Crippen molar-refractivity contribution in [3.8, 4) is 11.5 Å². The summed E-state index contributed by atoms with van der Waals surface area (Å²) in [5.74, 6) is 0.492. The summed E-state index contributed by atoms with van der Waals surface area (Å²) >= 11 is 11.8. The second-order valence-corrected chi connectivity index (χ2v) is 7.29. The Morgan fingerprint density at radius 1 is 0.967 bits per heavy atom. The zero-order valence-corrected chi connectivity index (χ0v) is 17.5. The summed E-state index contributed by atoms with van der Waals surface area (Å²) < 4.78 is 26.0. The molecule has 0 unspecified atom stereocenters. The van der Waals surface area contributed by atoms with Crippen LogP contribution in [0.5, 0.6) is 11.5 Å². The number of anilines is 2. The van der Waals surface area contributed by atoms with E-state index in [9.17, 15) is 4.39 Å². The van der Waals surface area contributed by atoms with E-state index in [0.717, 1.165) is 10.9 Å². The maximum atomic E-state index is 14.5. The van der Waals surface area contributed by atoms with Crippen LogP contribution in [0.1, 0.15) is 5.56 Å². The summed E-state index contributed by atoms with van der Waals surface area (Å²) in [5, 5.41) is 3.83. The quantitative estimate of drug-likeness (QED) is 0.326. The molecule has 0 aliphatic rings. The molecule has 30 heavy (non-hydrogen) atoms. The molecular weight excluding hydrogens is 426 g/mol. The van der Waals surface area contributed by atoms with E-state index in [0.29, 0.717) is 29.3 Å². The molecular formula is C23H17Cl2FN2O2. The van der Waals surface area contributed by atoms with Gasteiger partial charge in [-0.05, 0) is 29.8 Å². The van der Waals surface area contributed by atoms with Crippen molar-refractivity contribution < 1.29 is 13.9 Å². The first-order chi connectivity index (χ1) is 14.6. The van der Waals surface area contributed by atoms with Crippen LogP contribution in [0.25, 0.3) is 10.9 Å². The molecule has 0 saturated carbocycles. The topological polar surface area (TPSA) is 43.4 Å². The molecule has 0 saturated heterocycles. The van der Waals surface area contributed by atoms with Gasteiger partial charge >= 0.3 is 0 Å². The van der Waals surface area contributed by atoms with Gasteiger partial charge in [0, 0.05) is 23.3 Å². The minimum atomic E-state index is -0.622. The Morgan fingerprint density at radius 3 is 2.53 bits per heavy atom. The molecule has 4 nitrogen and oxygen atoms in total. The normalized spacial score (nSPS) is 10.8. The van der Waals surface area contributed by atoms with Crippen molar-refractivity contribution in [2.75, 3.05) is 12.4 Å². The lowest BCUT2D eigenvalue weighted by molar-refractivity contribution is 0.285. The van der Waals surface area contributed by atoms with Crippen LogP contribution in [0.4, 0.5) is 15.8 Å². The first-order valence-corrected chi connectivity index (χ1v) is 9.86. The molecule has 4 aromatic rings. The molecule has 0 fully saturated rings. The zero-order valence-electron chi connectivity index (χ0n) is 16.0. The number of nitrogens with one attached hydrogen (secondary N) is 1. The van der Waals surface area contributed by atoms with Crippen LogP contribution in [0.3, 0.4) is 0 Å². The molecule has 0 spiro atoms. The van der Waals surface area contributed by atoms with Crippen molar-refractivity contribution in [2.45, 2.75) is 6.61 Å². The largest absolute Gasteiger partial charge is 0.493 e. The SMILES string of the molecule is COc1cc2nccc(Nc3ccc(Cl)c(Cl)c3F)c2cc1OCc1ccccc1. The fourth-order valence-corrected chi connectivity index (χ4v) is 3.35. The summed E-state index contributed by atoms with van der Waals surface area (Å²) in [4.78, 5) is 4.39. The van der Waals surface area contributed by atoms with E-state index in [2.05, 4.69) is 10.3 Å². The second-order valence-electron chi connectivity index (χ2n) is 6.50. The summed E-state index contributed by atoms with van der Waals surface area (Å²) in [6, 6.07) is 18.2. The molecule has 0 aliphatic carbocycles. The fraction of sp³-hybridized carbons (Fsp3) is 0.0870. The van der Waals surface area contributed by atoms with Crippen LogP contribution in [0.2, 0.25) is 10.0 Å². The van der Waals surface area contributed by atoms with Gasteiger partial charge in [0.15, 0.2) is 17.3 Å². The predicted octanol–water partition coefficient (Wildman–Crippen LogP) is 7.01. The molecule has 0 atom stereocenters. The monoisotopic (exact) mass is 442 g/mol. The van der Waals surface area contributed by atoms with E-state index in [-0.39, 0.29) is 15.7 Å². The molecule has 7 heteroatoms. The van der Waals surface area contributed by atoms with Gasteiger partial charge in [0.25, 0.3) is 0 Å². The molecule has 4 rings (SSSR count). The van der Waals surface area contributed by atoms with Crippen molar-refractivity contribution in [1.82, 2.24) is 4.98 Å². The number of pyridine rings is 1. The molecule has 1 N–H and O–H groups in total.